The van der Waals surface area contributed by atoms with E-state index in [2.05, 4.69) is 31.9 Å². The topological polar surface area (TPSA) is 9.23 Å². The first-order chi connectivity index (χ1) is 8.27. The van der Waals surface area contributed by atoms with Crippen molar-refractivity contribution in [2.75, 3.05) is 0 Å². The van der Waals surface area contributed by atoms with Crippen molar-refractivity contribution < 1.29 is 4.74 Å². The molecule has 1 nitrogen and oxygen atoms in total. The van der Waals surface area contributed by atoms with Gasteiger partial charge in [-0.1, -0.05) is 31.9 Å². The monoisotopic (exact) mass is 358 g/mol. The van der Waals surface area contributed by atoms with Crippen LogP contribution in [0.5, 0.6) is 0 Å². The Kier molecular flexibility index (Phi) is 1.55. The van der Waals surface area contributed by atoms with Crippen LogP contribution in [-0.2, 0) is 4.74 Å². The zero-order valence-corrected chi connectivity index (χ0v) is 12.7. The minimum absolute atomic E-state index is 0.552. The van der Waals surface area contributed by atoms with Gasteiger partial charge < -0.3 is 4.74 Å². The van der Waals surface area contributed by atoms with Crippen LogP contribution < -0.4 is 0 Å². The van der Waals surface area contributed by atoms with Crippen LogP contribution in [0.25, 0.3) is 0 Å². The molecule has 2 bridgehead atoms. The highest BCUT2D eigenvalue weighted by atomic mass is 79.9. The number of ether oxygens (including phenoxy) is 1. The van der Waals surface area contributed by atoms with E-state index in [1.807, 2.05) is 0 Å². The largest absolute Gasteiger partial charge is 0.372 e. The second kappa shape index (κ2) is 2.69. The van der Waals surface area contributed by atoms with Crippen molar-refractivity contribution in [1.82, 2.24) is 0 Å². The van der Waals surface area contributed by atoms with E-state index in [0.717, 1.165) is 47.3 Å². The van der Waals surface area contributed by atoms with E-state index in [1.165, 1.54) is 12.8 Å². The fourth-order valence-electron chi connectivity index (χ4n) is 7.47. The van der Waals surface area contributed by atoms with E-state index >= 15 is 0 Å². The Bertz CT molecular complexity index is 424. The summed E-state index contributed by atoms with van der Waals surface area (Å²) in [4.78, 5) is 1.36. The maximum absolute atomic E-state index is 6.56. The molecule has 0 spiro atoms. The lowest BCUT2D eigenvalue weighted by atomic mass is 9.85. The van der Waals surface area contributed by atoms with Crippen molar-refractivity contribution in [3.63, 3.8) is 0 Å². The molecule has 0 amide bonds. The third kappa shape index (κ3) is 0.793. The summed E-state index contributed by atoms with van der Waals surface area (Å²) < 4.78 is 6.56. The van der Waals surface area contributed by atoms with Crippen LogP contribution in [0.15, 0.2) is 0 Å². The summed E-state index contributed by atoms with van der Waals surface area (Å²) in [6.45, 7) is 0. The molecule has 0 aromatic rings. The van der Waals surface area contributed by atoms with E-state index in [1.54, 1.807) is 0 Å². The molecule has 92 valence electrons. The van der Waals surface area contributed by atoms with Crippen molar-refractivity contribution in [3.05, 3.63) is 0 Å². The van der Waals surface area contributed by atoms with Crippen LogP contribution in [-0.4, -0.2) is 21.9 Å². The summed E-state index contributed by atoms with van der Waals surface area (Å²) in [7, 11) is 0. The highest BCUT2D eigenvalue weighted by Gasteiger charge is 2.78. The fraction of sp³-hybridized carbons (Fsp3) is 1.00. The smallest absolute Gasteiger partial charge is 0.0741 e. The van der Waals surface area contributed by atoms with Gasteiger partial charge in [-0.05, 0) is 60.2 Å². The lowest BCUT2D eigenvalue weighted by molar-refractivity contribution is -0.0743. The molecule has 0 N–H and O–H groups in total. The number of alkyl halides is 2. The minimum atomic E-state index is 0.552. The lowest BCUT2D eigenvalue weighted by Gasteiger charge is -2.37. The van der Waals surface area contributed by atoms with Crippen molar-refractivity contribution in [2.45, 2.75) is 34.7 Å². The summed E-state index contributed by atoms with van der Waals surface area (Å²) in [6, 6.07) is 0. The molecule has 17 heavy (non-hydrogen) atoms. The number of halogens is 2. The molecule has 1 aliphatic heterocycles. The molecule has 6 rings (SSSR count). The zero-order valence-electron chi connectivity index (χ0n) is 9.51. The molecule has 6 fully saturated rings. The third-order valence-corrected chi connectivity index (χ3v) is 9.76. The lowest BCUT2D eigenvalue weighted by Crippen LogP contribution is -2.44. The van der Waals surface area contributed by atoms with E-state index in [0.29, 0.717) is 21.9 Å². The molecule has 0 radical (unpaired) electrons. The van der Waals surface area contributed by atoms with Gasteiger partial charge in [-0.2, -0.15) is 0 Å². The Morgan fingerprint density at radius 1 is 0.706 bits per heavy atom. The molecule has 6 aliphatic rings. The Morgan fingerprint density at radius 2 is 1.47 bits per heavy atom. The van der Waals surface area contributed by atoms with Gasteiger partial charge in [0.2, 0.25) is 0 Å². The first-order valence-corrected chi connectivity index (χ1v) is 9.04. The summed E-state index contributed by atoms with van der Waals surface area (Å²) in [5, 5.41) is 0. The molecule has 3 heteroatoms. The summed E-state index contributed by atoms with van der Waals surface area (Å²) in [5.74, 6) is 7.96. The van der Waals surface area contributed by atoms with Gasteiger partial charge in [0.25, 0.3) is 0 Å². The standard InChI is InChI=1S/C14H16Br2O/c15-11-4-1-3-2-5-8-6(3)7(4)10-9(8)12(16)13(5)17-14(10)11/h3-14H,1-2H2/t3-,4-,5+,6-,7-,8+,9+,10-,11+,12+,13+,14+/m0/s1. The van der Waals surface area contributed by atoms with Gasteiger partial charge in [0, 0.05) is 9.65 Å². The van der Waals surface area contributed by atoms with E-state index in [9.17, 15) is 0 Å². The first-order valence-electron chi connectivity index (χ1n) is 7.21. The predicted molar refractivity (Wildman–Crippen MR) is 71.2 cm³/mol. The molecule has 5 aliphatic carbocycles. The molecule has 5 saturated carbocycles. The number of fused-ring (bicyclic) bond motifs is 2. The van der Waals surface area contributed by atoms with Crippen LogP contribution in [0.2, 0.25) is 0 Å². The average molecular weight is 360 g/mol. The Morgan fingerprint density at radius 3 is 2.35 bits per heavy atom. The van der Waals surface area contributed by atoms with Gasteiger partial charge >= 0.3 is 0 Å². The molecule has 1 saturated heterocycles. The predicted octanol–water partition coefficient (Wildman–Crippen LogP) is 3.06. The van der Waals surface area contributed by atoms with Crippen LogP contribution >= 0.6 is 31.9 Å². The van der Waals surface area contributed by atoms with E-state index in [-0.39, 0.29) is 0 Å². The highest BCUT2D eigenvalue weighted by molar-refractivity contribution is 9.09. The zero-order chi connectivity index (χ0) is 11.0. The maximum atomic E-state index is 6.56. The van der Waals surface area contributed by atoms with Crippen LogP contribution in [0.4, 0.5) is 0 Å². The van der Waals surface area contributed by atoms with Crippen molar-refractivity contribution in [1.29, 1.82) is 0 Å². The molecule has 1 heterocycles. The second-order valence-electron chi connectivity index (χ2n) is 7.40. The van der Waals surface area contributed by atoms with E-state index < -0.39 is 0 Å². The molecule has 0 aromatic heterocycles. The normalized spacial score (nSPS) is 80.8. The van der Waals surface area contributed by atoms with Crippen LogP contribution in [0, 0.1) is 47.3 Å². The van der Waals surface area contributed by atoms with Crippen molar-refractivity contribution >= 4 is 31.9 Å². The number of hydrogen-bond donors (Lipinski definition) is 0. The average Bonchev–Trinajstić information content (AvgIpc) is 2.99. The minimum Gasteiger partial charge on any atom is -0.372 e. The van der Waals surface area contributed by atoms with Gasteiger partial charge in [-0.15, -0.1) is 0 Å². The molecule has 12 atom stereocenters. The summed E-state index contributed by atoms with van der Waals surface area (Å²) in [6.07, 6.45) is 4.12. The molecule has 0 aromatic carbocycles. The van der Waals surface area contributed by atoms with Crippen molar-refractivity contribution in [2.24, 2.45) is 47.3 Å². The first kappa shape index (κ1) is 9.77. The Hall–Kier alpha value is 0.920. The second-order valence-corrected chi connectivity index (χ2v) is 9.51. The third-order valence-electron chi connectivity index (χ3n) is 7.43. The summed E-state index contributed by atoms with van der Waals surface area (Å²) >= 11 is 8.01. The quantitative estimate of drug-likeness (QED) is 0.604. The van der Waals surface area contributed by atoms with Gasteiger partial charge in [0.1, 0.15) is 0 Å². The maximum Gasteiger partial charge on any atom is 0.0741 e. The molecule has 0 unspecified atom stereocenters. The number of hydrogen-bond acceptors (Lipinski definition) is 1. The van der Waals surface area contributed by atoms with Crippen molar-refractivity contribution in [3.8, 4) is 0 Å². The SMILES string of the molecule is Br[C@@H]1[C@H]2C[C@H]3C[C@H]4[C@H]5O[C@@H]1[C@@H]1[C@H]([C@H]5Br)[C@H]4[C@@H]3[C@H]21. The van der Waals surface area contributed by atoms with Gasteiger partial charge in [-0.3, -0.25) is 0 Å². The number of rotatable bonds is 0. The van der Waals surface area contributed by atoms with Crippen LogP contribution in [0.3, 0.4) is 0 Å². The fourth-order valence-corrected chi connectivity index (χ4v) is 9.74. The Labute approximate surface area is 118 Å². The van der Waals surface area contributed by atoms with E-state index in [4.69, 9.17) is 4.74 Å². The van der Waals surface area contributed by atoms with Gasteiger partial charge in [-0.25, -0.2) is 0 Å². The van der Waals surface area contributed by atoms with Crippen LogP contribution in [0.1, 0.15) is 12.8 Å². The summed E-state index contributed by atoms with van der Waals surface area (Å²) in [5.41, 5.74) is 0. The molecular weight excluding hydrogens is 344 g/mol. The Balaban J connectivity index is 1.65. The van der Waals surface area contributed by atoms with Gasteiger partial charge in [0.15, 0.2) is 0 Å². The van der Waals surface area contributed by atoms with Gasteiger partial charge in [0.05, 0.1) is 12.2 Å². The molecular formula is C14H16Br2O. The highest BCUT2D eigenvalue weighted by Crippen LogP contribution is 2.78.